The molecule has 35 heavy (non-hydrogen) atoms. The minimum absolute atomic E-state index is 0.0327. The number of anilines is 2. The molecular formula is C28H31FN4O2. The van der Waals surface area contributed by atoms with Gasteiger partial charge >= 0.3 is 0 Å². The monoisotopic (exact) mass is 474 g/mol. The molecule has 1 atom stereocenters. The molecule has 2 aliphatic heterocycles. The molecule has 1 aromatic heterocycles. The van der Waals surface area contributed by atoms with E-state index in [4.69, 9.17) is 0 Å². The van der Waals surface area contributed by atoms with Crippen molar-refractivity contribution < 1.29 is 14.0 Å². The Morgan fingerprint density at radius 3 is 2.54 bits per heavy atom. The number of pyridine rings is 1. The Balaban J connectivity index is 1.28. The lowest BCUT2D eigenvalue weighted by atomic mass is 9.96. The van der Waals surface area contributed by atoms with Gasteiger partial charge in [0.15, 0.2) is 0 Å². The van der Waals surface area contributed by atoms with E-state index >= 15 is 0 Å². The summed E-state index contributed by atoms with van der Waals surface area (Å²) in [6.07, 6.45) is 9.02. The Kier molecular flexibility index (Phi) is 6.93. The van der Waals surface area contributed by atoms with E-state index in [1.165, 1.54) is 37.1 Å². The van der Waals surface area contributed by atoms with E-state index in [2.05, 4.69) is 21.3 Å². The van der Waals surface area contributed by atoms with Gasteiger partial charge in [0, 0.05) is 55.0 Å². The zero-order valence-electron chi connectivity index (χ0n) is 19.9. The molecule has 5 rings (SSSR count). The van der Waals surface area contributed by atoms with Crippen molar-refractivity contribution in [3.05, 3.63) is 66.2 Å². The van der Waals surface area contributed by atoms with Crippen molar-refractivity contribution in [1.29, 1.82) is 0 Å². The number of piperidine rings is 2. The lowest BCUT2D eigenvalue weighted by molar-refractivity contribution is -0.133. The van der Waals surface area contributed by atoms with Gasteiger partial charge in [-0.05, 0) is 68.0 Å². The number of nitrogens with one attached hydrogen (secondary N) is 1. The summed E-state index contributed by atoms with van der Waals surface area (Å²) < 4.78 is 13.2. The van der Waals surface area contributed by atoms with Gasteiger partial charge in [0.05, 0.1) is 18.0 Å². The molecule has 0 aliphatic carbocycles. The van der Waals surface area contributed by atoms with E-state index in [0.717, 1.165) is 48.0 Å². The van der Waals surface area contributed by atoms with Crippen LogP contribution in [0.2, 0.25) is 0 Å². The van der Waals surface area contributed by atoms with Crippen LogP contribution in [0.5, 0.6) is 0 Å². The fraction of sp³-hybridized carbons (Fsp3) is 0.393. The summed E-state index contributed by atoms with van der Waals surface area (Å²) in [5.74, 6) is -0.688. The van der Waals surface area contributed by atoms with Gasteiger partial charge in [0.1, 0.15) is 5.82 Å². The predicted molar refractivity (Wildman–Crippen MR) is 136 cm³/mol. The van der Waals surface area contributed by atoms with Crippen molar-refractivity contribution >= 4 is 34.0 Å². The highest BCUT2D eigenvalue weighted by atomic mass is 19.1. The third-order valence-corrected chi connectivity index (χ3v) is 7.16. The van der Waals surface area contributed by atoms with E-state index in [9.17, 15) is 14.0 Å². The molecular weight excluding hydrogens is 443 g/mol. The van der Waals surface area contributed by atoms with Gasteiger partial charge in [-0.1, -0.05) is 12.1 Å². The second-order valence-electron chi connectivity index (χ2n) is 9.57. The first kappa shape index (κ1) is 23.3. The number of carbonyl (C=O) groups is 2. The third kappa shape index (κ3) is 5.29. The quantitative estimate of drug-likeness (QED) is 0.578. The highest BCUT2D eigenvalue weighted by molar-refractivity contribution is 6.07. The molecule has 2 saturated heterocycles. The number of likely N-dealkylation sites (tertiary alicyclic amines) is 1. The summed E-state index contributed by atoms with van der Waals surface area (Å²) in [5.41, 5.74) is 2.72. The molecule has 2 amide bonds. The molecule has 3 heterocycles. The zero-order valence-corrected chi connectivity index (χ0v) is 19.9. The lowest BCUT2D eigenvalue weighted by Crippen LogP contribution is -2.44. The molecule has 0 spiro atoms. The van der Waals surface area contributed by atoms with Crippen LogP contribution in [0.15, 0.2) is 54.9 Å². The van der Waals surface area contributed by atoms with Crippen molar-refractivity contribution in [1.82, 2.24) is 9.88 Å². The highest BCUT2D eigenvalue weighted by Gasteiger charge is 2.29. The van der Waals surface area contributed by atoms with Crippen LogP contribution in [0, 0.1) is 11.7 Å². The Bertz CT molecular complexity index is 1210. The first-order chi connectivity index (χ1) is 17.1. The number of hydrogen-bond donors (Lipinski definition) is 1. The van der Waals surface area contributed by atoms with Gasteiger partial charge in [0.2, 0.25) is 11.8 Å². The minimum atomic E-state index is -0.317. The molecule has 0 saturated carbocycles. The van der Waals surface area contributed by atoms with Crippen LogP contribution in [-0.4, -0.2) is 47.9 Å². The average Bonchev–Trinajstić information content (AvgIpc) is 2.90. The molecule has 1 N–H and O–H groups in total. The Morgan fingerprint density at radius 2 is 1.74 bits per heavy atom. The molecule has 0 bridgehead atoms. The van der Waals surface area contributed by atoms with Gasteiger partial charge in [0.25, 0.3) is 0 Å². The Labute approximate surface area is 205 Å². The molecule has 2 aromatic carbocycles. The largest absolute Gasteiger partial charge is 0.371 e. The molecule has 6 nitrogen and oxygen atoms in total. The standard InChI is InChI=1S/C28H31FN4O2/c29-22-8-6-20(7-9-22)17-27(34)33-16-4-5-21(19-33)28(35)31-25-10-11-26(32-14-2-1-3-15-32)23-12-13-30-18-24(23)25/h6-13,18,21H,1-5,14-17,19H2,(H,31,35). The van der Waals surface area contributed by atoms with Crippen LogP contribution in [0.4, 0.5) is 15.8 Å². The molecule has 7 heteroatoms. The Hall–Kier alpha value is -3.48. The van der Waals surface area contributed by atoms with E-state index in [-0.39, 0.29) is 30.0 Å². The van der Waals surface area contributed by atoms with Gasteiger partial charge < -0.3 is 15.1 Å². The van der Waals surface area contributed by atoms with E-state index in [1.807, 2.05) is 18.3 Å². The van der Waals surface area contributed by atoms with Crippen molar-refractivity contribution in [2.45, 2.75) is 38.5 Å². The summed E-state index contributed by atoms with van der Waals surface area (Å²) >= 11 is 0. The molecule has 1 unspecified atom stereocenters. The highest BCUT2D eigenvalue weighted by Crippen LogP contribution is 2.33. The van der Waals surface area contributed by atoms with E-state index in [0.29, 0.717) is 13.1 Å². The number of fused-ring (bicyclic) bond motifs is 1. The van der Waals surface area contributed by atoms with Gasteiger partial charge in [-0.15, -0.1) is 0 Å². The number of halogens is 1. The molecule has 182 valence electrons. The maximum Gasteiger partial charge on any atom is 0.229 e. The smallest absolute Gasteiger partial charge is 0.229 e. The zero-order chi connectivity index (χ0) is 24.2. The van der Waals surface area contributed by atoms with Gasteiger partial charge in [-0.2, -0.15) is 0 Å². The number of carbonyl (C=O) groups excluding carboxylic acids is 2. The number of rotatable bonds is 5. The molecule has 0 radical (unpaired) electrons. The molecule has 3 aromatic rings. The van der Waals surface area contributed by atoms with Gasteiger partial charge in [-0.25, -0.2) is 4.39 Å². The number of amides is 2. The second kappa shape index (κ2) is 10.4. The maximum absolute atomic E-state index is 13.2. The van der Waals surface area contributed by atoms with Crippen LogP contribution in [-0.2, 0) is 16.0 Å². The van der Waals surface area contributed by atoms with Crippen molar-refractivity contribution in [3.8, 4) is 0 Å². The summed E-state index contributed by atoms with van der Waals surface area (Å²) in [4.78, 5) is 34.6. The summed E-state index contributed by atoms with van der Waals surface area (Å²) in [6, 6.07) is 12.1. The first-order valence-electron chi connectivity index (χ1n) is 12.5. The maximum atomic E-state index is 13.2. The van der Waals surface area contributed by atoms with Crippen LogP contribution in [0.1, 0.15) is 37.7 Å². The normalized spacial score (nSPS) is 18.5. The number of benzene rings is 2. The molecule has 2 aliphatic rings. The van der Waals surface area contributed by atoms with Crippen LogP contribution < -0.4 is 10.2 Å². The predicted octanol–water partition coefficient (Wildman–Crippen LogP) is 4.78. The van der Waals surface area contributed by atoms with E-state index in [1.54, 1.807) is 23.2 Å². The fourth-order valence-corrected chi connectivity index (χ4v) is 5.23. The lowest BCUT2D eigenvalue weighted by Gasteiger charge is -2.32. The van der Waals surface area contributed by atoms with E-state index < -0.39 is 0 Å². The molecule has 2 fully saturated rings. The summed E-state index contributed by atoms with van der Waals surface area (Å²) in [7, 11) is 0. The topological polar surface area (TPSA) is 65.5 Å². The van der Waals surface area contributed by atoms with Crippen LogP contribution in [0.25, 0.3) is 10.8 Å². The first-order valence-corrected chi connectivity index (χ1v) is 12.5. The fourth-order valence-electron chi connectivity index (χ4n) is 5.23. The second-order valence-corrected chi connectivity index (χ2v) is 9.57. The minimum Gasteiger partial charge on any atom is -0.371 e. The van der Waals surface area contributed by atoms with Gasteiger partial charge in [-0.3, -0.25) is 14.6 Å². The van der Waals surface area contributed by atoms with Crippen molar-refractivity contribution in [2.24, 2.45) is 5.92 Å². The number of hydrogen-bond acceptors (Lipinski definition) is 4. The van der Waals surface area contributed by atoms with Crippen molar-refractivity contribution in [2.75, 3.05) is 36.4 Å². The van der Waals surface area contributed by atoms with Crippen molar-refractivity contribution in [3.63, 3.8) is 0 Å². The van der Waals surface area contributed by atoms with Crippen LogP contribution in [0.3, 0.4) is 0 Å². The average molecular weight is 475 g/mol. The van der Waals surface area contributed by atoms with Crippen LogP contribution >= 0.6 is 0 Å². The number of aromatic nitrogens is 1. The Morgan fingerprint density at radius 1 is 0.943 bits per heavy atom. The third-order valence-electron chi connectivity index (χ3n) is 7.16. The summed E-state index contributed by atoms with van der Waals surface area (Å²) in [6.45, 7) is 3.13. The SMILES string of the molecule is O=C(Nc1ccc(N2CCCCC2)c2ccncc12)C1CCCN(C(=O)Cc2ccc(F)cc2)C1. The summed E-state index contributed by atoms with van der Waals surface area (Å²) in [5, 5.41) is 5.15. The number of nitrogens with zero attached hydrogens (tertiary/aromatic N) is 3.